The fraction of sp³-hybridized carbons (Fsp3) is 0.700. The lowest BCUT2D eigenvalue weighted by molar-refractivity contribution is -0.127. The molecule has 0 saturated carbocycles. The lowest BCUT2D eigenvalue weighted by atomic mass is 10.3. The molecule has 1 N–H and O–H groups in total. The topological polar surface area (TPSA) is 24.9 Å². The zero-order chi connectivity index (χ0) is 12.2. The average Bonchev–Trinajstić information content (AvgIpc) is 2.54. The Morgan fingerprint density at radius 3 is 2.50 bits per heavy atom. The second kappa shape index (κ2) is 5.63. The van der Waals surface area contributed by atoms with Crippen molar-refractivity contribution in [1.29, 1.82) is 0 Å². The molecule has 6 heteroatoms. The van der Waals surface area contributed by atoms with E-state index in [1.54, 1.807) is 0 Å². The smallest absolute Gasteiger partial charge is 0.312 e. The first-order valence-electron chi connectivity index (χ1n) is 5.21. The first kappa shape index (κ1) is 13.4. The van der Waals surface area contributed by atoms with Crippen molar-refractivity contribution in [3.05, 3.63) is 15.6 Å². The van der Waals surface area contributed by atoms with Crippen molar-refractivity contribution in [3.63, 3.8) is 0 Å². The molecule has 16 heavy (non-hydrogen) atoms. The number of aromatic nitrogens is 1. The van der Waals surface area contributed by atoms with Gasteiger partial charge in [-0.1, -0.05) is 13.8 Å². The Bertz CT molecular complexity index is 333. The third kappa shape index (κ3) is 4.09. The van der Waals surface area contributed by atoms with Gasteiger partial charge in [0.15, 0.2) is 0 Å². The van der Waals surface area contributed by atoms with Crippen molar-refractivity contribution in [1.82, 2.24) is 10.3 Å². The van der Waals surface area contributed by atoms with Crippen molar-refractivity contribution in [2.45, 2.75) is 39.4 Å². The van der Waals surface area contributed by atoms with Crippen LogP contribution < -0.4 is 5.32 Å². The maximum atomic E-state index is 12.2. The fourth-order valence-electron chi connectivity index (χ4n) is 1.34. The van der Waals surface area contributed by atoms with Crippen LogP contribution in [-0.4, -0.2) is 17.7 Å². The van der Waals surface area contributed by atoms with E-state index >= 15 is 0 Å². The summed E-state index contributed by atoms with van der Waals surface area (Å²) < 4.78 is 36.6. The standard InChI is InChI=1S/C10H15F3N2S/c1-3-7-8(6-14-4-2)16-9(15-7)5-10(11,12)13/h14H,3-6H2,1-2H3. The molecule has 0 aromatic carbocycles. The highest BCUT2D eigenvalue weighted by molar-refractivity contribution is 7.11. The maximum absolute atomic E-state index is 12.2. The second-order valence-electron chi connectivity index (χ2n) is 3.40. The maximum Gasteiger partial charge on any atom is 0.395 e. The van der Waals surface area contributed by atoms with E-state index < -0.39 is 12.6 Å². The van der Waals surface area contributed by atoms with E-state index in [2.05, 4.69) is 10.3 Å². The van der Waals surface area contributed by atoms with Gasteiger partial charge in [0.1, 0.15) is 5.01 Å². The number of hydrogen-bond acceptors (Lipinski definition) is 3. The van der Waals surface area contributed by atoms with Crippen molar-refractivity contribution >= 4 is 11.3 Å². The van der Waals surface area contributed by atoms with Crippen molar-refractivity contribution in [2.24, 2.45) is 0 Å². The molecule has 1 aromatic heterocycles. The highest BCUT2D eigenvalue weighted by Crippen LogP contribution is 2.26. The summed E-state index contributed by atoms with van der Waals surface area (Å²) in [6.07, 6.45) is -4.41. The van der Waals surface area contributed by atoms with E-state index in [0.29, 0.717) is 13.0 Å². The van der Waals surface area contributed by atoms with E-state index in [0.717, 1.165) is 28.5 Å². The van der Waals surface area contributed by atoms with Gasteiger partial charge in [-0.05, 0) is 13.0 Å². The van der Waals surface area contributed by atoms with Crippen LogP contribution in [-0.2, 0) is 19.4 Å². The summed E-state index contributed by atoms with van der Waals surface area (Å²) in [5.74, 6) is 0. The molecular formula is C10H15F3N2S. The van der Waals surface area contributed by atoms with E-state index in [1.807, 2.05) is 13.8 Å². The molecule has 0 aliphatic rings. The molecule has 0 aliphatic heterocycles. The van der Waals surface area contributed by atoms with Crippen molar-refractivity contribution < 1.29 is 13.2 Å². The largest absolute Gasteiger partial charge is 0.395 e. The quantitative estimate of drug-likeness (QED) is 0.871. The summed E-state index contributed by atoms with van der Waals surface area (Å²) in [6, 6.07) is 0. The molecule has 1 rings (SSSR count). The molecule has 1 heterocycles. The van der Waals surface area contributed by atoms with Gasteiger partial charge in [0, 0.05) is 11.4 Å². The minimum absolute atomic E-state index is 0.164. The molecule has 1 aromatic rings. The van der Waals surface area contributed by atoms with Crippen molar-refractivity contribution in [3.8, 4) is 0 Å². The molecular weight excluding hydrogens is 237 g/mol. The fourth-order valence-corrected chi connectivity index (χ4v) is 2.49. The SMILES string of the molecule is CCNCc1sc(CC(F)(F)F)nc1CC. The van der Waals surface area contributed by atoms with Crippen molar-refractivity contribution in [2.75, 3.05) is 6.54 Å². The minimum Gasteiger partial charge on any atom is -0.312 e. The Kier molecular flexibility index (Phi) is 4.73. The first-order chi connectivity index (χ1) is 7.46. The summed E-state index contributed by atoms with van der Waals surface area (Å²) in [5.41, 5.74) is 0.783. The number of halogens is 3. The van der Waals surface area contributed by atoms with Gasteiger partial charge in [-0.15, -0.1) is 11.3 Å². The predicted molar refractivity (Wildman–Crippen MR) is 58.6 cm³/mol. The van der Waals surface area contributed by atoms with E-state index in [-0.39, 0.29) is 5.01 Å². The zero-order valence-corrected chi connectivity index (χ0v) is 10.1. The van der Waals surface area contributed by atoms with Crippen LogP contribution in [0, 0.1) is 0 Å². The number of hydrogen-bond donors (Lipinski definition) is 1. The number of nitrogens with one attached hydrogen (secondary N) is 1. The Morgan fingerprint density at radius 2 is 2.00 bits per heavy atom. The van der Waals surface area contributed by atoms with E-state index in [9.17, 15) is 13.2 Å². The number of rotatable bonds is 5. The Balaban J connectivity index is 2.77. The minimum atomic E-state index is -4.17. The van der Waals surface area contributed by atoms with Crippen LogP contribution in [0.2, 0.25) is 0 Å². The van der Waals surface area contributed by atoms with Gasteiger partial charge in [-0.2, -0.15) is 13.2 Å². The van der Waals surface area contributed by atoms with Gasteiger partial charge in [0.2, 0.25) is 0 Å². The molecule has 0 saturated heterocycles. The highest BCUT2D eigenvalue weighted by atomic mass is 32.1. The van der Waals surface area contributed by atoms with E-state index in [4.69, 9.17) is 0 Å². The van der Waals surface area contributed by atoms with Gasteiger partial charge in [0.05, 0.1) is 12.1 Å². The van der Waals surface area contributed by atoms with Crippen LogP contribution in [0.3, 0.4) is 0 Å². The van der Waals surface area contributed by atoms with Gasteiger partial charge in [-0.3, -0.25) is 0 Å². The summed E-state index contributed by atoms with van der Waals surface area (Å²) in [5, 5.41) is 3.27. The highest BCUT2D eigenvalue weighted by Gasteiger charge is 2.29. The van der Waals surface area contributed by atoms with Gasteiger partial charge >= 0.3 is 6.18 Å². The number of aryl methyl sites for hydroxylation is 1. The molecule has 0 amide bonds. The predicted octanol–water partition coefficient (Wildman–Crippen LogP) is 2.92. The normalized spacial score (nSPS) is 12.1. The van der Waals surface area contributed by atoms with Crippen LogP contribution in [0.25, 0.3) is 0 Å². The third-order valence-corrected chi connectivity index (χ3v) is 3.14. The van der Waals surface area contributed by atoms with Gasteiger partial charge in [0.25, 0.3) is 0 Å². The number of nitrogens with zero attached hydrogens (tertiary/aromatic N) is 1. The summed E-state index contributed by atoms with van der Waals surface area (Å²) >= 11 is 1.16. The van der Waals surface area contributed by atoms with E-state index in [1.165, 1.54) is 0 Å². The molecule has 0 fully saturated rings. The molecule has 0 radical (unpaired) electrons. The number of alkyl halides is 3. The molecule has 0 unspecified atom stereocenters. The molecule has 0 aliphatic carbocycles. The Morgan fingerprint density at radius 1 is 1.31 bits per heavy atom. The lowest BCUT2D eigenvalue weighted by Crippen LogP contribution is -2.11. The van der Waals surface area contributed by atoms with Gasteiger partial charge in [-0.25, -0.2) is 4.98 Å². The summed E-state index contributed by atoms with van der Waals surface area (Å²) in [7, 11) is 0. The third-order valence-electron chi connectivity index (χ3n) is 2.04. The van der Waals surface area contributed by atoms with Crippen LogP contribution in [0.15, 0.2) is 0 Å². The molecule has 0 spiro atoms. The van der Waals surface area contributed by atoms with Crippen LogP contribution in [0.5, 0.6) is 0 Å². The van der Waals surface area contributed by atoms with Crippen LogP contribution in [0.1, 0.15) is 29.4 Å². The monoisotopic (exact) mass is 252 g/mol. The molecule has 92 valence electrons. The molecule has 0 bridgehead atoms. The number of thiazole rings is 1. The summed E-state index contributed by atoms with van der Waals surface area (Å²) in [4.78, 5) is 4.95. The van der Waals surface area contributed by atoms with Crippen LogP contribution in [0.4, 0.5) is 13.2 Å². The molecule has 2 nitrogen and oxygen atoms in total. The Labute approximate surface area is 96.9 Å². The first-order valence-corrected chi connectivity index (χ1v) is 6.02. The lowest BCUT2D eigenvalue weighted by Gasteiger charge is -2.01. The van der Waals surface area contributed by atoms with Crippen LogP contribution >= 0.6 is 11.3 Å². The zero-order valence-electron chi connectivity index (χ0n) is 9.32. The van der Waals surface area contributed by atoms with Gasteiger partial charge < -0.3 is 5.32 Å². The average molecular weight is 252 g/mol. The summed E-state index contributed by atoms with van der Waals surface area (Å²) in [6.45, 7) is 5.27. The second-order valence-corrected chi connectivity index (χ2v) is 4.57. The Hall–Kier alpha value is -0.620. The molecule has 0 atom stereocenters.